The average Bonchev–Trinajstić information content (AvgIpc) is 2.18. The number of carbonyl (C=O) groups is 2. The number of hydrogen-bond donors (Lipinski definition) is 0. The second-order valence-corrected chi connectivity index (χ2v) is 3.04. The first-order valence-electron chi connectivity index (χ1n) is 4.76. The van der Waals surface area contributed by atoms with E-state index in [0.717, 1.165) is 0 Å². The predicted molar refractivity (Wildman–Crippen MR) is 52.2 cm³/mol. The minimum Gasteiger partial charge on any atom is -0.385 e. The van der Waals surface area contributed by atoms with E-state index in [4.69, 9.17) is 9.47 Å². The number of ether oxygens (including phenoxy) is 2. The summed E-state index contributed by atoms with van der Waals surface area (Å²) in [4.78, 5) is 22.3. The maximum atomic E-state index is 11.2. The fourth-order valence-corrected chi connectivity index (χ4v) is 1.03. The number of rotatable bonds is 9. The molecule has 0 N–H and O–H groups in total. The minimum atomic E-state index is -0.293. The Morgan fingerprint density at radius 1 is 0.857 bits per heavy atom. The van der Waals surface area contributed by atoms with Crippen molar-refractivity contribution >= 4 is 11.6 Å². The summed E-state index contributed by atoms with van der Waals surface area (Å²) in [5.41, 5.74) is 0. The van der Waals surface area contributed by atoms with E-state index in [0.29, 0.717) is 38.9 Å². The van der Waals surface area contributed by atoms with Gasteiger partial charge in [0.25, 0.3) is 0 Å². The Labute approximate surface area is 84.6 Å². The van der Waals surface area contributed by atoms with Crippen LogP contribution in [0, 0.1) is 0 Å². The van der Waals surface area contributed by atoms with Gasteiger partial charge in [0, 0.05) is 40.3 Å². The van der Waals surface area contributed by atoms with E-state index in [2.05, 4.69) is 0 Å². The summed E-state index contributed by atoms with van der Waals surface area (Å²) >= 11 is 0. The van der Waals surface area contributed by atoms with E-state index in [1.54, 1.807) is 14.2 Å². The lowest BCUT2D eigenvalue weighted by Gasteiger charge is -2.00. The molecule has 0 aliphatic carbocycles. The Balaban J connectivity index is 3.50. The van der Waals surface area contributed by atoms with Crippen molar-refractivity contribution in [1.82, 2.24) is 0 Å². The molecule has 0 saturated heterocycles. The molecule has 0 aromatic heterocycles. The van der Waals surface area contributed by atoms with Crippen molar-refractivity contribution in [2.45, 2.75) is 25.7 Å². The van der Waals surface area contributed by atoms with Crippen molar-refractivity contribution in [2.24, 2.45) is 0 Å². The zero-order valence-corrected chi connectivity index (χ0v) is 8.88. The molecule has 4 nitrogen and oxygen atoms in total. The first-order chi connectivity index (χ1) is 6.72. The number of ketones is 2. The molecule has 14 heavy (non-hydrogen) atoms. The van der Waals surface area contributed by atoms with Gasteiger partial charge in [-0.1, -0.05) is 0 Å². The van der Waals surface area contributed by atoms with Gasteiger partial charge in [-0.25, -0.2) is 0 Å². The van der Waals surface area contributed by atoms with Gasteiger partial charge in [0.05, 0.1) is 0 Å². The van der Waals surface area contributed by atoms with Crippen LogP contribution in [0.1, 0.15) is 25.7 Å². The Morgan fingerprint density at radius 3 is 1.50 bits per heavy atom. The third-order valence-electron chi connectivity index (χ3n) is 1.82. The molecule has 0 saturated carbocycles. The highest BCUT2D eigenvalue weighted by molar-refractivity contribution is 6.37. The zero-order valence-electron chi connectivity index (χ0n) is 8.88. The summed E-state index contributed by atoms with van der Waals surface area (Å²) in [6, 6.07) is 0. The van der Waals surface area contributed by atoms with Gasteiger partial charge in [-0.3, -0.25) is 9.59 Å². The minimum absolute atomic E-state index is 0.291. The van der Waals surface area contributed by atoms with Crippen LogP contribution in [0.5, 0.6) is 0 Å². The molecule has 0 spiro atoms. The van der Waals surface area contributed by atoms with Gasteiger partial charge in [-0.2, -0.15) is 0 Å². The maximum absolute atomic E-state index is 11.2. The molecule has 4 heteroatoms. The number of carbonyl (C=O) groups excluding carboxylic acids is 2. The summed E-state index contributed by atoms with van der Waals surface area (Å²) < 4.78 is 9.57. The Kier molecular flexibility index (Phi) is 8.37. The van der Waals surface area contributed by atoms with Crippen molar-refractivity contribution in [2.75, 3.05) is 27.4 Å². The van der Waals surface area contributed by atoms with E-state index in [9.17, 15) is 9.59 Å². The molecule has 0 heterocycles. The molecule has 0 bridgehead atoms. The first-order valence-corrected chi connectivity index (χ1v) is 4.76. The summed E-state index contributed by atoms with van der Waals surface area (Å²) in [5.74, 6) is -0.587. The molecule has 0 aromatic carbocycles. The molecule has 0 atom stereocenters. The lowest BCUT2D eigenvalue weighted by Crippen LogP contribution is -2.14. The van der Waals surface area contributed by atoms with Crippen LogP contribution in [0.3, 0.4) is 0 Å². The van der Waals surface area contributed by atoms with Gasteiger partial charge in [-0.05, 0) is 12.8 Å². The van der Waals surface area contributed by atoms with Gasteiger partial charge < -0.3 is 9.47 Å². The SMILES string of the molecule is COCCCC(=O)C(=O)CCCOC. The molecule has 0 aliphatic heterocycles. The molecule has 82 valence electrons. The summed E-state index contributed by atoms with van der Waals surface area (Å²) in [6.45, 7) is 1.05. The van der Waals surface area contributed by atoms with E-state index in [-0.39, 0.29) is 11.6 Å². The van der Waals surface area contributed by atoms with Crippen molar-refractivity contribution in [3.63, 3.8) is 0 Å². The summed E-state index contributed by atoms with van der Waals surface area (Å²) in [7, 11) is 3.15. The standard InChI is InChI=1S/C10H18O4/c1-13-7-3-5-9(11)10(12)6-4-8-14-2/h3-8H2,1-2H3. The average molecular weight is 202 g/mol. The molecule has 0 aliphatic rings. The van der Waals surface area contributed by atoms with Crippen molar-refractivity contribution in [3.05, 3.63) is 0 Å². The Bertz CT molecular complexity index is 157. The van der Waals surface area contributed by atoms with E-state index >= 15 is 0 Å². The van der Waals surface area contributed by atoms with Crippen LogP contribution in [-0.4, -0.2) is 39.0 Å². The lowest BCUT2D eigenvalue weighted by atomic mass is 10.1. The third-order valence-corrected chi connectivity index (χ3v) is 1.82. The number of Topliss-reactive ketones (excluding diaryl/α,β-unsaturated/α-hetero) is 2. The van der Waals surface area contributed by atoms with Crippen LogP contribution in [0.15, 0.2) is 0 Å². The molecule has 0 unspecified atom stereocenters. The normalized spacial score (nSPS) is 10.1. The summed E-state index contributed by atoms with van der Waals surface area (Å²) in [6.07, 6.45) is 1.82. The lowest BCUT2D eigenvalue weighted by molar-refractivity contribution is -0.136. The predicted octanol–water partition coefficient (Wildman–Crippen LogP) is 0.978. The molecule has 0 rings (SSSR count). The quantitative estimate of drug-likeness (QED) is 0.413. The first kappa shape index (κ1) is 13.3. The zero-order chi connectivity index (χ0) is 10.8. The van der Waals surface area contributed by atoms with E-state index < -0.39 is 0 Å². The molecule has 0 radical (unpaired) electrons. The van der Waals surface area contributed by atoms with E-state index in [1.807, 2.05) is 0 Å². The fraction of sp³-hybridized carbons (Fsp3) is 0.800. The van der Waals surface area contributed by atoms with Gasteiger partial charge in [0.15, 0.2) is 11.6 Å². The highest BCUT2D eigenvalue weighted by atomic mass is 16.5. The van der Waals surface area contributed by atoms with Gasteiger partial charge in [0.1, 0.15) is 0 Å². The third kappa shape index (κ3) is 6.74. The maximum Gasteiger partial charge on any atom is 0.198 e. The van der Waals surface area contributed by atoms with Crippen LogP contribution >= 0.6 is 0 Å². The second kappa shape index (κ2) is 8.84. The molecular weight excluding hydrogens is 184 g/mol. The second-order valence-electron chi connectivity index (χ2n) is 3.04. The van der Waals surface area contributed by atoms with Crippen LogP contribution in [-0.2, 0) is 19.1 Å². The largest absolute Gasteiger partial charge is 0.385 e. The van der Waals surface area contributed by atoms with Gasteiger partial charge in [-0.15, -0.1) is 0 Å². The van der Waals surface area contributed by atoms with Crippen molar-refractivity contribution in [3.8, 4) is 0 Å². The fourth-order valence-electron chi connectivity index (χ4n) is 1.03. The van der Waals surface area contributed by atoms with E-state index in [1.165, 1.54) is 0 Å². The van der Waals surface area contributed by atoms with Crippen LogP contribution in [0.25, 0.3) is 0 Å². The number of methoxy groups -OCH3 is 2. The highest BCUT2D eigenvalue weighted by Gasteiger charge is 2.12. The van der Waals surface area contributed by atoms with Crippen LogP contribution in [0.2, 0.25) is 0 Å². The summed E-state index contributed by atoms with van der Waals surface area (Å²) in [5, 5.41) is 0. The molecular formula is C10H18O4. The molecule has 0 fully saturated rings. The monoisotopic (exact) mass is 202 g/mol. The Morgan fingerprint density at radius 2 is 1.21 bits per heavy atom. The van der Waals surface area contributed by atoms with Crippen molar-refractivity contribution in [1.29, 1.82) is 0 Å². The molecule has 0 aromatic rings. The topological polar surface area (TPSA) is 52.6 Å². The van der Waals surface area contributed by atoms with Crippen molar-refractivity contribution < 1.29 is 19.1 Å². The van der Waals surface area contributed by atoms with Crippen LogP contribution < -0.4 is 0 Å². The van der Waals surface area contributed by atoms with Crippen LogP contribution in [0.4, 0.5) is 0 Å². The molecule has 0 amide bonds. The van der Waals surface area contributed by atoms with Gasteiger partial charge in [0.2, 0.25) is 0 Å². The smallest absolute Gasteiger partial charge is 0.198 e. The highest BCUT2D eigenvalue weighted by Crippen LogP contribution is 1.98. The Hall–Kier alpha value is -0.740. The van der Waals surface area contributed by atoms with Gasteiger partial charge >= 0.3 is 0 Å². The number of hydrogen-bond acceptors (Lipinski definition) is 4.